The van der Waals surface area contributed by atoms with E-state index >= 15 is 0 Å². The Hall–Kier alpha value is -4.17. The summed E-state index contributed by atoms with van der Waals surface area (Å²) >= 11 is 5.86. The molecule has 4 rings (SSSR count). The van der Waals surface area contributed by atoms with Crippen molar-refractivity contribution >= 4 is 41.0 Å². The molecule has 1 saturated heterocycles. The predicted octanol–water partition coefficient (Wildman–Crippen LogP) is 4.92. The van der Waals surface area contributed by atoms with Gasteiger partial charge in [0.25, 0.3) is 11.6 Å². The summed E-state index contributed by atoms with van der Waals surface area (Å²) in [6.07, 6.45) is 1.57. The second-order valence-corrected chi connectivity index (χ2v) is 7.33. The Kier molecular flexibility index (Phi) is 5.87. The number of halogens is 1. The molecule has 0 aromatic heterocycles. The normalized spacial score (nSPS) is 14.5. The topological polar surface area (TPSA) is 102 Å². The second-order valence-electron chi connectivity index (χ2n) is 6.89. The predicted molar refractivity (Wildman–Crippen MR) is 119 cm³/mol. The molecule has 3 amide bonds. The van der Waals surface area contributed by atoms with Crippen molar-refractivity contribution in [2.75, 3.05) is 4.90 Å². The number of hydrogen-bond acceptors (Lipinski definition) is 5. The van der Waals surface area contributed by atoms with Crippen LogP contribution in [0.5, 0.6) is 5.75 Å². The minimum Gasteiger partial charge on any atom is -0.489 e. The van der Waals surface area contributed by atoms with Crippen molar-refractivity contribution in [2.45, 2.75) is 6.61 Å². The molecule has 9 heteroatoms. The number of ether oxygens (including phenoxy) is 1. The summed E-state index contributed by atoms with van der Waals surface area (Å²) in [6, 6.07) is 19.0. The zero-order chi connectivity index (χ0) is 22.7. The van der Waals surface area contributed by atoms with E-state index in [9.17, 15) is 19.7 Å². The molecule has 1 aliphatic rings. The average molecular weight is 450 g/mol. The largest absolute Gasteiger partial charge is 0.489 e. The lowest BCUT2D eigenvalue weighted by Gasteiger charge is -2.11. The number of non-ortho nitro benzene ring substituents is 1. The zero-order valence-corrected chi connectivity index (χ0v) is 17.3. The fraction of sp³-hybridized carbons (Fsp3) is 0.0435. The molecular formula is C23H16ClN3O5. The first-order valence-electron chi connectivity index (χ1n) is 9.49. The van der Waals surface area contributed by atoms with Crippen LogP contribution in [0.25, 0.3) is 6.08 Å². The van der Waals surface area contributed by atoms with Crippen LogP contribution in [-0.2, 0) is 11.4 Å². The van der Waals surface area contributed by atoms with Gasteiger partial charge in [-0.05, 0) is 53.6 Å². The van der Waals surface area contributed by atoms with E-state index in [0.717, 1.165) is 4.90 Å². The molecule has 3 aromatic rings. The third-order valence-corrected chi connectivity index (χ3v) is 4.93. The Balaban J connectivity index is 1.43. The molecule has 0 spiro atoms. The maximum atomic E-state index is 12.7. The standard InChI is InChI=1S/C23H16ClN3O5/c24-17-6-8-18(9-7-17)26-22(28)21(25-23(26)29)13-15-4-10-20(11-5-15)32-14-16-2-1-3-19(12-16)27(30)31/h1-13H,14H2,(H,25,29)/b21-13+. The zero-order valence-electron chi connectivity index (χ0n) is 16.5. The van der Waals surface area contributed by atoms with Crippen molar-refractivity contribution in [3.05, 3.63) is 105 Å². The molecule has 1 aliphatic heterocycles. The summed E-state index contributed by atoms with van der Waals surface area (Å²) in [6.45, 7) is 0.173. The van der Waals surface area contributed by atoms with Crippen molar-refractivity contribution < 1.29 is 19.2 Å². The number of carbonyl (C=O) groups excluding carboxylic acids is 2. The molecule has 32 heavy (non-hydrogen) atoms. The van der Waals surface area contributed by atoms with E-state index in [-0.39, 0.29) is 18.0 Å². The minimum absolute atomic E-state index is 0.00370. The van der Waals surface area contributed by atoms with Gasteiger partial charge in [-0.25, -0.2) is 9.69 Å². The Morgan fingerprint density at radius 2 is 1.75 bits per heavy atom. The van der Waals surface area contributed by atoms with Crippen LogP contribution in [0.1, 0.15) is 11.1 Å². The molecule has 0 aliphatic carbocycles. The van der Waals surface area contributed by atoms with E-state index in [1.165, 1.54) is 12.1 Å². The van der Waals surface area contributed by atoms with Crippen LogP contribution in [0.15, 0.2) is 78.5 Å². The van der Waals surface area contributed by atoms with E-state index in [2.05, 4.69) is 5.32 Å². The molecular weight excluding hydrogens is 434 g/mol. The molecule has 0 atom stereocenters. The van der Waals surface area contributed by atoms with Gasteiger partial charge in [0.1, 0.15) is 18.1 Å². The highest BCUT2D eigenvalue weighted by atomic mass is 35.5. The maximum absolute atomic E-state index is 12.7. The number of rotatable bonds is 6. The fourth-order valence-electron chi connectivity index (χ4n) is 3.11. The number of nitro groups is 1. The number of urea groups is 1. The molecule has 1 heterocycles. The van der Waals surface area contributed by atoms with Crippen molar-refractivity contribution in [2.24, 2.45) is 0 Å². The number of imide groups is 1. The first kappa shape index (κ1) is 21.1. The lowest BCUT2D eigenvalue weighted by Crippen LogP contribution is -2.30. The SMILES string of the molecule is O=C1N/C(=C/c2ccc(OCc3cccc([N+](=O)[O-])c3)cc2)C(=O)N1c1ccc(Cl)cc1. The van der Waals surface area contributed by atoms with Crippen molar-refractivity contribution in [1.29, 1.82) is 0 Å². The monoisotopic (exact) mass is 449 g/mol. The van der Waals surface area contributed by atoms with Crippen LogP contribution >= 0.6 is 11.6 Å². The third kappa shape index (κ3) is 4.60. The number of hydrogen-bond donors (Lipinski definition) is 1. The van der Waals surface area contributed by atoms with Crippen molar-refractivity contribution in [3.63, 3.8) is 0 Å². The minimum atomic E-state index is -0.541. The second kappa shape index (κ2) is 8.91. The highest BCUT2D eigenvalue weighted by Gasteiger charge is 2.34. The van der Waals surface area contributed by atoms with Gasteiger partial charge in [-0.2, -0.15) is 0 Å². The van der Waals surface area contributed by atoms with Gasteiger partial charge in [0.15, 0.2) is 0 Å². The summed E-state index contributed by atoms with van der Waals surface area (Å²) in [7, 11) is 0. The molecule has 8 nitrogen and oxygen atoms in total. The summed E-state index contributed by atoms with van der Waals surface area (Å²) < 4.78 is 5.68. The lowest BCUT2D eigenvalue weighted by molar-refractivity contribution is -0.384. The van der Waals surface area contributed by atoms with E-state index < -0.39 is 16.9 Å². The van der Waals surface area contributed by atoms with Crippen LogP contribution in [0.2, 0.25) is 5.02 Å². The molecule has 0 unspecified atom stereocenters. The average Bonchev–Trinajstić information content (AvgIpc) is 3.07. The van der Waals surface area contributed by atoms with E-state index in [4.69, 9.17) is 16.3 Å². The highest BCUT2D eigenvalue weighted by Crippen LogP contribution is 2.24. The number of nitro benzene ring substituents is 1. The summed E-state index contributed by atoms with van der Waals surface area (Å²) in [5, 5.41) is 13.9. The number of benzene rings is 3. The Morgan fingerprint density at radius 3 is 2.44 bits per heavy atom. The van der Waals surface area contributed by atoms with Gasteiger partial charge in [-0.1, -0.05) is 35.9 Å². The molecule has 0 radical (unpaired) electrons. The first-order chi connectivity index (χ1) is 15.4. The molecule has 160 valence electrons. The maximum Gasteiger partial charge on any atom is 0.333 e. The molecule has 3 aromatic carbocycles. The van der Waals surface area contributed by atoms with Gasteiger partial charge < -0.3 is 10.1 Å². The van der Waals surface area contributed by atoms with Gasteiger partial charge in [-0.15, -0.1) is 0 Å². The molecule has 0 bridgehead atoms. The van der Waals surface area contributed by atoms with Crippen LogP contribution < -0.4 is 15.0 Å². The number of carbonyl (C=O) groups is 2. The quantitative estimate of drug-likeness (QED) is 0.249. The molecule has 1 fully saturated rings. The summed E-state index contributed by atoms with van der Waals surface area (Å²) in [4.78, 5) is 36.4. The van der Waals surface area contributed by atoms with Gasteiger partial charge >= 0.3 is 6.03 Å². The third-order valence-electron chi connectivity index (χ3n) is 4.68. The van der Waals surface area contributed by atoms with Crippen molar-refractivity contribution in [1.82, 2.24) is 5.32 Å². The lowest BCUT2D eigenvalue weighted by atomic mass is 10.1. The van der Waals surface area contributed by atoms with Crippen molar-refractivity contribution in [3.8, 4) is 5.75 Å². The first-order valence-corrected chi connectivity index (χ1v) is 9.87. The van der Waals surface area contributed by atoms with Gasteiger partial charge in [0.05, 0.1) is 10.6 Å². The van der Waals surface area contributed by atoms with Crippen LogP contribution in [0.3, 0.4) is 0 Å². The number of amides is 3. The molecule has 0 saturated carbocycles. The number of nitrogens with one attached hydrogen (secondary N) is 1. The summed E-state index contributed by atoms with van der Waals surface area (Å²) in [5.74, 6) is 0.0894. The van der Waals surface area contributed by atoms with E-state index in [1.54, 1.807) is 66.7 Å². The number of anilines is 1. The highest BCUT2D eigenvalue weighted by molar-refractivity contribution is 6.31. The number of nitrogens with zero attached hydrogens (tertiary/aromatic N) is 2. The van der Waals surface area contributed by atoms with Crippen LogP contribution in [0.4, 0.5) is 16.2 Å². The Labute approximate surface area is 187 Å². The van der Waals surface area contributed by atoms with Crippen LogP contribution in [0, 0.1) is 10.1 Å². The fourth-order valence-corrected chi connectivity index (χ4v) is 3.24. The van der Waals surface area contributed by atoms with Gasteiger partial charge in [0, 0.05) is 17.2 Å². The van der Waals surface area contributed by atoms with Gasteiger partial charge in [-0.3, -0.25) is 14.9 Å². The van der Waals surface area contributed by atoms with E-state index in [1.807, 2.05) is 0 Å². The van der Waals surface area contributed by atoms with E-state index in [0.29, 0.717) is 27.6 Å². The van der Waals surface area contributed by atoms with Gasteiger partial charge in [0.2, 0.25) is 0 Å². The smallest absolute Gasteiger partial charge is 0.333 e. The summed E-state index contributed by atoms with van der Waals surface area (Å²) in [5.41, 5.74) is 1.94. The van der Waals surface area contributed by atoms with Crippen LogP contribution in [-0.4, -0.2) is 16.9 Å². The molecule has 1 N–H and O–H groups in total. The Morgan fingerprint density at radius 1 is 1.03 bits per heavy atom. The Bertz CT molecular complexity index is 1220.